The van der Waals surface area contributed by atoms with Crippen LogP contribution in [0.1, 0.15) is 25.0 Å². The first kappa shape index (κ1) is 41.5. The molecular weight excluding hydrogens is 890 g/mol. The van der Waals surface area contributed by atoms with Gasteiger partial charge in [0.05, 0.1) is 5.69 Å². The van der Waals surface area contributed by atoms with E-state index in [2.05, 4.69) is 247 Å². The van der Waals surface area contributed by atoms with E-state index in [1.54, 1.807) is 0 Å². The summed E-state index contributed by atoms with van der Waals surface area (Å²) in [5.74, 6) is 1.70. The van der Waals surface area contributed by atoms with Gasteiger partial charge in [-0.2, -0.15) is 0 Å². The summed E-state index contributed by atoms with van der Waals surface area (Å²) in [6, 6.07) is 88.2. The fraction of sp³-hybridized carbons (Fsp3) is 0.0448. The van der Waals surface area contributed by atoms with Crippen LogP contribution in [0.25, 0.3) is 55.7 Å². The lowest BCUT2D eigenvalue weighted by atomic mass is 9.33. The van der Waals surface area contributed by atoms with Gasteiger partial charge in [0.15, 0.2) is 0 Å². The van der Waals surface area contributed by atoms with Crippen molar-refractivity contribution in [2.45, 2.75) is 19.3 Å². The van der Waals surface area contributed by atoms with Crippen LogP contribution in [0.15, 0.2) is 251 Å². The van der Waals surface area contributed by atoms with Crippen molar-refractivity contribution in [2.24, 2.45) is 0 Å². The smallest absolute Gasteiger partial charge is 0.252 e. The minimum Gasteiger partial charge on any atom is -0.456 e. The molecule has 3 aliphatic rings. The number of nitrogens with zero attached hydrogens (tertiary/aromatic N) is 3. The van der Waals surface area contributed by atoms with E-state index in [1.165, 1.54) is 44.3 Å². The highest BCUT2D eigenvalue weighted by molar-refractivity contribution is 7.00. The number of furan rings is 2. The van der Waals surface area contributed by atoms with Gasteiger partial charge in [-0.3, -0.25) is 0 Å². The summed E-state index contributed by atoms with van der Waals surface area (Å²) in [6.45, 7) is 4.70. The second-order valence-corrected chi connectivity index (χ2v) is 20.1. The van der Waals surface area contributed by atoms with Crippen molar-refractivity contribution in [2.75, 3.05) is 14.7 Å². The summed E-state index contributed by atoms with van der Waals surface area (Å²) in [4.78, 5) is 7.43. The molecule has 0 radical (unpaired) electrons. The maximum atomic E-state index is 6.42. The lowest BCUT2D eigenvalue weighted by Gasteiger charge is -2.45. The zero-order chi connectivity index (χ0) is 48.4. The molecule has 10 aromatic carbocycles. The molecule has 4 heterocycles. The summed E-state index contributed by atoms with van der Waals surface area (Å²) in [5.41, 5.74) is 22.6. The molecule has 0 saturated heterocycles. The molecular formula is C67H46BN3O2. The summed E-state index contributed by atoms with van der Waals surface area (Å²) in [5, 5.41) is 2.18. The second kappa shape index (κ2) is 15.9. The van der Waals surface area contributed by atoms with Gasteiger partial charge in [-0.05, 0) is 160 Å². The third kappa shape index (κ3) is 6.36. The zero-order valence-electron chi connectivity index (χ0n) is 40.3. The molecule has 0 atom stereocenters. The SMILES string of the molecule is CC1(C)c2ccccc2-c2ccc(N(c3ccc(-c4cc5ccccc5o4)cc3)c3cc4c5c(c3)N(c3ccc(-c6cc7ccccc7o6)cc3)c3ccccc3B5c3ccccc3N4c3ccccc3)cc21. The summed E-state index contributed by atoms with van der Waals surface area (Å²) < 4.78 is 12.8. The first-order chi connectivity index (χ1) is 35.9. The number of benzene rings is 10. The molecule has 0 unspecified atom stereocenters. The zero-order valence-corrected chi connectivity index (χ0v) is 40.3. The Morgan fingerprint density at radius 1 is 0.384 bits per heavy atom. The highest BCUT2D eigenvalue weighted by Gasteiger charge is 2.44. The Labute approximate surface area is 424 Å². The van der Waals surface area contributed by atoms with Crippen molar-refractivity contribution >= 4 is 96.2 Å². The van der Waals surface area contributed by atoms with E-state index in [0.717, 1.165) is 90.1 Å². The first-order valence-corrected chi connectivity index (χ1v) is 25.2. The van der Waals surface area contributed by atoms with Crippen molar-refractivity contribution in [3.8, 4) is 33.8 Å². The molecule has 0 N–H and O–H groups in total. The summed E-state index contributed by atoms with van der Waals surface area (Å²) >= 11 is 0. The normalized spacial score (nSPS) is 13.6. The first-order valence-electron chi connectivity index (χ1n) is 25.2. The second-order valence-electron chi connectivity index (χ2n) is 20.1. The van der Waals surface area contributed by atoms with Gasteiger partial charge in [0.1, 0.15) is 22.7 Å². The minimum atomic E-state index is -0.198. The van der Waals surface area contributed by atoms with Gasteiger partial charge in [-0.1, -0.05) is 135 Å². The van der Waals surface area contributed by atoms with Crippen LogP contribution >= 0.6 is 0 Å². The Balaban J connectivity index is 0.978. The third-order valence-electron chi connectivity index (χ3n) is 15.6. The number of hydrogen-bond donors (Lipinski definition) is 0. The lowest BCUT2D eigenvalue weighted by molar-refractivity contribution is 0.631. The molecule has 1 aliphatic carbocycles. The van der Waals surface area contributed by atoms with E-state index in [0.29, 0.717) is 0 Å². The van der Waals surface area contributed by atoms with E-state index in [1.807, 2.05) is 24.3 Å². The Kier molecular flexibility index (Phi) is 9.03. The van der Waals surface area contributed by atoms with Gasteiger partial charge in [-0.25, -0.2) is 0 Å². The highest BCUT2D eigenvalue weighted by atomic mass is 16.3. The fourth-order valence-corrected chi connectivity index (χ4v) is 12.2. The molecule has 5 nitrogen and oxygen atoms in total. The van der Waals surface area contributed by atoms with Crippen LogP contribution in [0.2, 0.25) is 0 Å². The molecule has 0 saturated carbocycles. The monoisotopic (exact) mass is 935 g/mol. The minimum absolute atomic E-state index is 0.0201. The number of anilines is 9. The van der Waals surface area contributed by atoms with Crippen LogP contribution in [0.4, 0.5) is 51.2 Å². The van der Waals surface area contributed by atoms with Crippen molar-refractivity contribution in [3.05, 3.63) is 254 Å². The van der Waals surface area contributed by atoms with Crippen LogP contribution in [-0.4, -0.2) is 6.71 Å². The number of rotatable bonds is 7. The molecule has 2 aliphatic heterocycles. The quantitative estimate of drug-likeness (QED) is 0.149. The van der Waals surface area contributed by atoms with Crippen molar-refractivity contribution in [3.63, 3.8) is 0 Å². The molecule has 6 heteroatoms. The van der Waals surface area contributed by atoms with Crippen LogP contribution in [0.3, 0.4) is 0 Å². The molecule has 0 amide bonds. The van der Waals surface area contributed by atoms with Crippen LogP contribution in [-0.2, 0) is 5.41 Å². The Morgan fingerprint density at radius 2 is 0.877 bits per heavy atom. The maximum Gasteiger partial charge on any atom is 0.252 e. The van der Waals surface area contributed by atoms with Gasteiger partial charge in [-0.15, -0.1) is 0 Å². The van der Waals surface area contributed by atoms with Crippen molar-refractivity contribution in [1.29, 1.82) is 0 Å². The molecule has 0 bridgehead atoms. The van der Waals surface area contributed by atoms with Gasteiger partial charge in [0.25, 0.3) is 6.71 Å². The highest BCUT2D eigenvalue weighted by Crippen LogP contribution is 2.53. The molecule has 15 rings (SSSR count). The Hall–Kier alpha value is -9.26. The number of hydrogen-bond acceptors (Lipinski definition) is 5. The molecule has 0 spiro atoms. The van der Waals surface area contributed by atoms with E-state index >= 15 is 0 Å². The van der Waals surface area contributed by atoms with Crippen LogP contribution in [0.5, 0.6) is 0 Å². The van der Waals surface area contributed by atoms with Crippen molar-refractivity contribution < 1.29 is 8.83 Å². The average molecular weight is 936 g/mol. The number of fused-ring (bicyclic) bond motifs is 9. The standard InChI is InChI=1S/C67H46BN3O2/c1-67(2)54-21-9-8-20-52(54)53-37-36-50(40-55(53)67)69(48-32-28-43(29-33-48)64-38-45-16-6-14-26-62(45)72-64)51-41-60-66-61(42-51)71(49-34-30-44(31-35-49)65-39-46-17-7-15-27-63(46)73-65)59-25-13-11-23-57(59)68(66)56-22-10-12-24-58(56)70(60)47-18-4-3-5-19-47/h3-42H,1-2H3. The Bertz CT molecular complexity index is 4090. The number of para-hydroxylation sites is 5. The van der Waals surface area contributed by atoms with Crippen LogP contribution < -0.4 is 31.1 Å². The molecule has 12 aromatic rings. The molecule has 344 valence electrons. The summed E-state index contributed by atoms with van der Waals surface area (Å²) in [6.07, 6.45) is 0. The largest absolute Gasteiger partial charge is 0.456 e. The molecule has 73 heavy (non-hydrogen) atoms. The van der Waals surface area contributed by atoms with Crippen molar-refractivity contribution in [1.82, 2.24) is 0 Å². The molecule has 2 aromatic heterocycles. The maximum absolute atomic E-state index is 6.42. The van der Waals surface area contributed by atoms with Crippen LogP contribution in [0, 0.1) is 0 Å². The van der Waals surface area contributed by atoms with Gasteiger partial charge < -0.3 is 23.5 Å². The topological polar surface area (TPSA) is 36.0 Å². The summed E-state index contributed by atoms with van der Waals surface area (Å²) in [7, 11) is 0. The van der Waals surface area contributed by atoms with Gasteiger partial charge in [0, 0.05) is 72.8 Å². The predicted octanol–water partition coefficient (Wildman–Crippen LogP) is 16.4. The van der Waals surface area contributed by atoms with E-state index < -0.39 is 0 Å². The molecule has 0 fully saturated rings. The lowest BCUT2D eigenvalue weighted by Crippen LogP contribution is -2.61. The van der Waals surface area contributed by atoms with E-state index in [9.17, 15) is 0 Å². The van der Waals surface area contributed by atoms with Gasteiger partial charge in [0.2, 0.25) is 0 Å². The third-order valence-corrected chi connectivity index (χ3v) is 15.6. The Morgan fingerprint density at radius 3 is 1.49 bits per heavy atom. The van der Waals surface area contributed by atoms with Gasteiger partial charge >= 0.3 is 0 Å². The van der Waals surface area contributed by atoms with E-state index in [4.69, 9.17) is 8.83 Å². The fourth-order valence-electron chi connectivity index (χ4n) is 12.2. The predicted molar refractivity (Wildman–Crippen MR) is 303 cm³/mol. The van der Waals surface area contributed by atoms with E-state index in [-0.39, 0.29) is 12.1 Å². The average Bonchev–Trinajstić information content (AvgIpc) is 4.14.